The first-order valence-corrected chi connectivity index (χ1v) is 15.6. The SMILES string of the molecule is COc1cc2ncnc(Nc3ccc(/C(C)=N\OCc4ccccc4)cc3)c2cc1OCCCN1CCOCC1.O=C(O)CCC(=O)O. The first-order valence-electron chi connectivity index (χ1n) is 15.6. The highest BCUT2D eigenvalue weighted by molar-refractivity contribution is 5.99. The number of benzene rings is 3. The predicted octanol–water partition coefficient (Wildman–Crippen LogP) is 5.36. The summed E-state index contributed by atoms with van der Waals surface area (Å²) in [5.41, 5.74) is 4.52. The molecule has 0 radical (unpaired) electrons. The van der Waals surface area contributed by atoms with Crippen molar-refractivity contribution in [3.8, 4) is 11.5 Å². The van der Waals surface area contributed by atoms with Crippen LogP contribution in [0.1, 0.15) is 37.3 Å². The molecule has 0 amide bonds. The second-order valence-corrected chi connectivity index (χ2v) is 10.8. The molecule has 0 unspecified atom stereocenters. The van der Waals surface area contributed by atoms with Gasteiger partial charge in [-0.2, -0.15) is 0 Å². The summed E-state index contributed by atoms with van der Waals surface area (Å²) in [4.78, 5) is 36.2. The largest absolute Gasteiger partial charge is 0.493 e. The molecule has 13 heteroatoms. The summed E-state index contributed by atoms with van der Waals surface area (Å²) in [7, 11) is 1.64. The average Bonchev–Trinajstić information content (AvgIpc) is 3.10. The highest BCUT2D eigenvalue weighted by Crippen LogP contribution is 2.35. The lowest BCUT2D eigenvalue weighted by Gasteiger charge is -2.26. The van der Waals surface area contributed by atoms with Gasteiger partial charge in [0.1, 0.15) is 18.8 Å². The van der Waals surface area contributed by atoms with E-state index >= 15 is 0 Å². The van der Waals surface area contributed by atoms with Crippen LogP contribution in [0, 0.1) is 0 Å². The number of morpholine rings is 1. The number of nitrogens with one attached hydrogen (secondary N) is 1. The van der Waals surface area contributed by atoms with E-state index in [0.717, 1.165) is 72.7 Å². The van der Waals surface area contributed by atoms with E-state index in [1.807, 2.05) is 73.7 Å². The first kappa shape index (κ1) is 35.6. The number of carboxylic acid groups (broad SMARTS) is 2. The molecule has 0 spiro atoms. The molecule has 4 aromatic rings. The van der Waals surface area contributed by atoms with Crippen molar-refractivity contribution in [1.29, 1.82) is 0 Å². The maximum atomic E-state index is 9.64. The summed E-state index contributed by atoms with van der Waals surface area (Å²) in [6.07, 6.45) is 1.87. The number of ether oxygens (including phenoxy) is 3. The molecule has 0 saturated carbocycles. The van der Waals surface area contributed by atoms with Gasteiger partial charge in [0.25, 0.3) is 0 Å². The maximum Gasteiger partial charge on any atom is 0.303 e. The van der Waals surface area contributed by atoms with Crippen molar-refractivity contribution >= 4 is 40.1 Å². The van der Waals surface area contributed by atoms with E-state index in [-0.39, 0.29) is 12.8 Å². The molecule has 1 fully saturated rings. The number of methoxy groups -OCH3 is 1. The zero-order valence-electron chi connectivity index (χ0n) is 27.1. The van der Waals surface area contributed by atoms with Gasteiger partial charge in [-0.15, -0.1) is 0 Å². The topological polar surface area (TPSA) is 165 Å². The van der Waals surface area contributed by atoms with Crippen LogP contribution < -0.4 is 14.8 Å². The Balaban J connectivity index is 0.000000579. The number of nitrogens with zero attached hydrogens (tertiary/aromatic N) is 4. The fourth-order valence-electron chi connectivity index (χ4n) is 4.71. The van der Waals surface area contributed by atoms with Gasteiger partial charge in [-0.1, -0.05) is 47.6 Å². The Morgan fingerprint density at radius 1 is 0.958 bits per heavy atom. The Morgan fingerprint density at radius 3 is 2.33 bits per heavy atom. The van der Waals surface area contributed by atoms with Crippen LogP contribution in [-0.2, 0) is 25.8 Å². The monoisotopic (exact) mass is 659 g/mol. The van der Waals surface area contributed by atoms with Crippen LogP contribution in [0.4, 0.5) is 11.5 Å². The van der Waals surface area contributed by atoms with E-state index in [0.29, 0.717) is 30.5 Å². The van der Waals surface area contributed by atoms with Crippen LogP contribution in [0.25, 0.3) is 10.9 Å². The van der Waals surface area contributed by atoms with Crippen LogP contribution in [-0.4, -0.2) is 89.3 Å². The minimum atomic E-state index is -1.08. The normalized spacial score (nSPS) is 13.2. The molecule has 48 heavy (non-hydrogen) atoms. The molecule has 13 nitrogen and oxygen atoms in total. The van der Waals surface area contributed by atoms with Crippen molar-refractivity contribution in [2.45, 2.75) is 32.8 Å². The molecule has 0 bridgehead atoms. The minimum Gasteiger partial charge on any atom is -0.493 e. The fourth-order valence-corrected chi connectivity index (χ4v) is 4.71. The van der Waals surface area contributed by atoms with Crippen molar-refractivity contribution in [1.82, 2.24) is 14.9 Å². The van der Waals surface area contributed by atoms with Crippen LogP contribution in [0.5, 0.6) is 11.5 Å². The molecule has 2 heterocycles. The highest BCUT2D eigenvalue weighted by atomic mass is 16.6. The van der Waals surface area contributed by atoms with Gasteiger partial charge in [-0.05, 0) is 42.7 Å². The zero-order valence-corrected chi connectivity index (χ0v) is 27.1. The fraction of sp³-hybridized carbons (Fsp3) is 0.343. The van der Waals surface area contributed by atoms with Crippen molar-refractivity contribution in [2.75, 3.05) is 51.9 Å². The number of oxime groups is 1. The quantitative estimate of drug-likeness (QED) is 0.0851. The lowest BCUT2D eigenvalue weighted by atomic mass is 10.1. The molecule has 1 saturated heterocycles. The number of carbonyl (C=O) groups is 2. The summed E-state index contributed by atoms with van der Waals surface area (Å²) < 4.78 is 17.2. The molecule has 5 rings (SSSR count). The van der Waals surface area contributed by atoms with E-state index < -0.39 is 11.9 Å². The molecule has 3 N–H and O–H groups in total. The van der Waals surface area contributed by atoms with Crippen molar-refractivity contribution < 1.29 is 38.9 Å². The number of hydrogen-bond donors (Lipinski definition) is 3. The van der Waals surface area contributed by atoms with Crippen molar-refractivity contribution in [3.63, 3.8) is 0 Å². The number of carboxylic acids is 2. The molecule has 3 aromatic carbocycles. The smallest absolute Gasteiger partial charge is 0.303 e. The highest BCUT2D eigenvalue weighted by Gasteiger charge is 2.14. The van der Waals surface area contributed by atoms with Crippen LogP contribution in [0.3, 0.4) is 0 Å². The van der Waals surface area contributed by atoms with E-state index in [1.165, 1.54) is 0 Å². The Morgan fingerprint density at radius 2 is 1.67 bits per heavy atom. The summed E-state index contributed by atoms with van der Waals surface area (Å²) in [6.45, 7) is 7.48. The number of anilines is 2. The third-order valence-electron chi connectivity index (χ3n) is 7.29. The molecule has 0 aliphatic carbocycles. The van der Waals surface area contributed by atoms with Gasteiger partial charge in [-0.3, -0.25) is 14.5 Å². The third kappa shape index (κ3) is 11.5. The number of aliphatic carboxylic acids is 2. The maximum absolute atomic E-state index is 9.64. The van der Waals surface area contributed by atoms with Gasteiger partial charge >= 0.3 is 11.9 Å². The lowest BCUT2D eigenvalue weighted by molar-refractivity contribution is -0.143. The molecule has 254 valence electrons. The average molecular weight is 660 g/mol. The van der Waals surface area contributed by atoms with Gasteiger partial charge in [0.05, 0.1) is 51.0 Å². The van der Waals surface area contributed by atoms with E-state index in [4.69, 9.17) is 29.3 Å². The Kier molecular flexibility index (Phi) is 13.9. The third-order valence-corrected chi connectivity index (χ3v) is 7.29. The Labute approximate surface area is 279 Å². The molecule has 1 aromatic heterocycles. The summed E-state index contributed by atoms with van der Waals surface area (Å²) in [5, 5.41) is 24.3. The molecule has 1 aliphatic heterocycles. The molecule has 1 aliphatic rings. The molecular weight excluding hydrogens is 618 g/mol. The van der Waals surface area contributed by atoms with Crippen molar-refractivity contribution in [2.24, 2.45) is 5.16 Å². The van der Waals surface area contributed by atoms with Crippen molar-refractivity contribution in [3.05, 3.63) is 84.2 Å². The van der Waals surface area contributed by atoms with Gasteiger partial charge in [0.2, 0.25) is 0 Å². The summed E-state index contributed by atoms with van der Waals surface area (Å²) in [6, 6.07) is 21.8. The minimum absolute atomic E-state index is 0.296. The van der Waals surface area contributed by atoms with Crippen LogP contribution in [0.2, 0.25) is 0 Å². The van der Waals surface area contributed by atoms with Gasteiger partial charge in [-0.25, -0.2) is 9.97 Å². The second-order valence-electron chi connectivity index (χ2n) is 10.8. The lowest BCUT2D eigenvalue weighted by Crippen LogP contribution is -2.37. The van der Waals surface area contributed by atoms with Crippen LogP contribution in [0.15, 0.2) is 78.2 Å². The Bertz CT molecular complexity index is 1630. The number of fused-ring (bicyclic) bond motifs is 1. The molecular formula is C35H41N5O8. The van der Waals surface area contributed by atoms with E-state index in [9.17, 15) is 9.59 Å². The summed E-state index contributed by atoms with van der Waals surface area (Å²) in [5.74, 6) is -0.139. The first-order chi connectivity index (χ1) is 23.3. The number of aromatic nitrogens is 2. The zero-order chi connectivity index (χ0) is 34.1. The van der Waals surface area contributed by atoms with Gasteiger partial charge in [0.15, 0.2) is 11.5 Å². The van der Waals surface area contributed by atoms with Gasteiger partial charge in [0, 0.05) is 36.8 Å². The van der Waals surface area contributed by atoms with Gasteiger partial charge < -0.3 is 34.6 Å². The summed E-state index contributed by atoms with van der Waals surface area (Å²) >= 11 is 0. The standard InChI is InChI=1S/C31H35N5O4.C4H6O4/c1-23(35-40-21-24-7-4-3-5-8-24)25-9-11-26(12-10-25)34-31-27-19-30(29(37-2)20-28(27)32-22-33-31)39-16-6-13-36-14-17-38-18-15-36;5-3(6)1-2-4(7)8/h3-5,7-12,19-20,22H,6,13-18,21H2,1-2H3,(H,32,33,34);1-2H2,(H,5,6)(H,7,8)/b35-23-;. The second kappa shape index (κ2) is 18.8. The van der Waals surface area contributed by atoms with E-state index in [1.54, 1.807) is 13.4 Å². The molecule has 0 atom stereocenters. The number of hydrogen-bond acceptors (Lipinski definition) is 11. The van der Waals surface area contributed by atoms with Crippen LogP contribution >= 0.6 is 0 Å². The number of rotatable bonds is 15. The Hall–Kier alpha value is -5.27. The van der Waals surface area contributed by atoms with E-state index in [2.05, 4.69) is 25.3 Å². The predicted molar refractivity (Wildman–Crippen MR) is 181 cm³/mol.